The van der Waals surface area contributed by atoms with Crippen LogP contribution in [0.15, 0.2) is 66.9 Å². The number of hydrogen-bond acceptors (Lipinski definition) is 3. The lowest BCUT2D eigenvalue weighted by Gasteiger charge is -2.14. The summed E-state index contributed by atoms with van der Waals surface area (Å²) >= 11 is 0. The van der Waals surface area contributed by atoms with Gasteiger partial charge in [-0.3, -0.25) is 0 Å². The van der Waals surface area contributed by atoms with E-state index >= 15 is 0 Å². The largest absolute Gasteiger partial charge is 0.497 e. The zero-order valence-electron chi connectivity index (χ0n) is 11.7. The van der Waals surface area contributed by atoms with Crippen molar-refractivity contribution in [2.24, 2.45) is 0 Å². The Labute approximate surface area is 123 Å². The second-order valence-corrected chi connectivity index (χ2v) is 4.68. The molecule has 3 aromatic rings. The van der Waals surface area contributed by atoms with Gasteiger partial charge in [0.2, 0.25) is 0 Å². The van der Waals surface area contributed by atoms with Gasteiger partial charge in [0, 0.05) is 6.20 Å². The van der Waals surface area contributed by atoms with Crippen LogP contribution in [-0.2, 0) is 0 Å². The second-order valence-electron chi connectivity index (χ2n) is 4.68. The van der Waals surface area contributed by atoms with Crippen molar-refractivity contribution in [1.82, 2.24) is 9.78 Å². The van der Waals surface area contributed by atoms with Gasteiger partial charge in [0.05, 0.1) is 18.5 Å². The van der Waals surface area contributed by atoms with Gasteiger partial charge < -0.3 is 9.84 Å². The first-order valence-electron chi connectivity index (χ1n) is 6.71. The van der Waals surface area contributed by atoms with Gasteiger partial charge in [-0.05, 0) is 35.9 Å². The molecule has 2 aromatic carbocycles. The van der Waals surface area contributed by atoms with E-state index in [9.17, 15) is 5.11 Å². The van der Waals surface area contributed by atoms with Gasteiger partial charge in [-0.2, -0.15) is 5.10 Å². The molecule has 0 saturated heterocycles. The van der Waals surface area contributed by atoms with Crippen molar-refractivity contribution in [1.29, 1.82) is 0 Å². The zero-order chi connectivity index (χ0) is 14.7. The van der Waals surface area contributed by atoms with Crippen LogP contribution >= 0.6 is 0 Å². The molecule has 0 spiro atoms. The summed E-state index contributed by atoms with van der Waals surface area (Å²) in [4.78, 5) is 0. The summed E-state index contributed by atoms with van der Waals surface area (Å²) < 4.78 is 6.88. The Hall–Kier alpha value is -2.59. The summed E-state index contributed by atoms with van der Waals surface area (Å²) in [6, 6.07) is 18.9. The van der Waals surface area contributed by atoms with E-state index in [0.29, 0.717) is 0 Å². The van der Waals surface area contributed by atoms with Gasteiger partial charge >= 0.3 is 0 Å². The van der Waals surface area contributed by atoms with E-state index in [1.165, 1.54) is 0 Å². The van der Waals surface area contributed by atoms with E-state index in [1.54, 1.807) is 18.0 Å². The molecule has 106 valence electrons. The molecule has 0 amide bonds. The van der Waals surface area contributed by atoms with Crippen molar-refractivity contribution in [3.05, 3.63) is 78.1 Å². The second kappa shape index (κ2) is 5.81. The lowest BCUT2D eigenvalue weighted by Crippen LogP contribution is -2.08. The number of aromatic nitrogens is 2. The van der Waals surface area contributed by atoms with Gasteiger partial charge in [-0.15, -0.1) is 0 Å². The third-order valence-corrected chi connectivity index (χ3v) is 3.38. The highest BCUT2D eigenvalue weighted by Crippen LogP contribution is 2.25. The van der Waals surface area contributed by atoms with Crippen molar-refractivity contribution in [3.8, 4) is 11.4 Å². The maximum Gasteiger partial charge on any atom is 0.121 e. The number of para-hydroxylation sites is 1. The third-order valence-electron chi connectivity index (χ3n) is 3.38. The third kappa shape index (κ3) is 2.66. The maximum atomic E-state index is 10.6. The molecule has 1 heterocycles. The molecule has 4 nitrogen and oxygen atoms in total. The topological polar surface area (TPSA) is 47.3 Å². The predicted molar refractivity (Wildman–Crippen MR) is 80.6 cm³/mol. The van der Waals surface area contributed by atoms with Crippen molar-refractivity contribution in [2.45, 2.75) is 6.10 Å². The molecule has 4 heteroatoms. The van der Waals surface area contributed by atoms with E-state index in [2.05, 4.69) is 5.10 Å². The van der Waals surface area contributed by atoms with Crippen LogP contribution in [-0.4, -0.2) is 22.0 Å². The lowest BCUT2D eigenvalue weighted by molar-refractivity contribution is 0.212. The van der Waals surface area contributed by atoms with Crippen molar-refractivity contribution in [2.75, 3.05) is 7.11 Å². The molecular weight excluding hydrogens is 264 g/mol. The fraction of sp³-hybridized carbons (Fsp3) is 0.118. The SMILES string of the molecule is COc1ccc(C(O)c2ccnn2-c2ccccc2)cc1. The summed E-state index contributed by atoms with van der Waals surface area (Å²) in [6.45, 7) is 0. The summed E-state index contributed by atoms with van der Waals surface area (Å²) in [7, 11) is 1.62. The standard InChI is InChI=1S/C17H16N2O2/c1-21-15-9-7-13(8-10-15)17(20)16-11-12-18-19(16)14-5-3-2-4-6-14/h2-12,17,20H,1H3. The van der Waals surface area contributed by atoms with Crippen LogP contribution in [0.25, 0.3) is 5.69 Å². The average Bonchev–Trinajstić information content (AvgIpc) is 3.04. The number of rotatable bonds is 4. The number of methoxy groups -OCH3 is 1. The Balaban J connectivity index is 1.95. The Bertz CT molecular complexity index is 705. The summed E-state index contributed by atoms with van der Waals surface area (Å²) in [5.74, 6) is 0.766. The number of benzene rings is 2. The fourth-order valence-electron chi connectivity index (χ4n) is 2.26. The van der Waals surface area contributed by atoms with E-state index in [-0.39, 0.29) is 0 Å². The first-order chi connectivity index (χ1) is 10.3. The maximum absolute atomic E-state index is 10.6. The Kier molecular flexibility index (Phi) is 3.71. The van der Waals surface area contributed by atoms with E-state index in [1.807, 2.05) is 60.7 Å². The molecule has 1 atom stereocenters. The summed E-state index contributed by atoms with van der Waals surface area (Å²) in [6.07, 6.45) is 0.952. The van der Waals surface area contributed by atoms with Crippen LogP contribution in [0.4, 0.5) is 0 Å². The van der Waals surface area contributed by atoms with E-state index in [4.69, 9.17) is 4.74 Å². The highest BCUT2D eigenvalue weighted by Gasteiger charge is 2.16. The number of aliphatic hydroxyl groups excluding tert-OH is 1. The smallest absolute Gasteiger partial charge is 0.121 e. The molecule has 3 rings (SSSR count). The monoisotopic (exact) mass is 280 g/mol. The van der Waals surface area contributed by atoms with Crippen LogP contribution in [0.3, 0.4) is 0 Å². The molecule has 0 aliphatic carbocycles. The van der Waals surface area contributed by atoms with Gasteiger partial charge in [0.1, 0.15) is 11.9 Å². The molecule has 0 fully saturated rings. The number of nitrogens with zero attached hydrogens (tertiary/aromatic N) is 2. The number of hydrogen-bond donors (Lipinski definition) is 1. The Morgan fingerprint density at radius 3 is 2.38 bits per heavy atom. The first-order valence-corrected chi connectivity index (χ1v) is 6.71. The normalized spacial score (nSPS) is 12.1. The minimum absolute atomic E-state index is 0.728. The van der Waals surface area contributed by atoms with E-state index < -0.39 is 6.10 Å². The quantitative estimate of drug-likeness (QED) is 0.799. The van der Waals surface area contributed by atoms with Crippen LogP contribution in [0.2, 0.25) is 0 Å². The Morgan fingerprint density at radius 2 is 1.71 bits per heavy atom. The van der Waals surface area contributed by atoms with Crippen LogP contribution in [0, 0.1) is 0 Å². The molecule has 0 radical (unpaired) electrons. The molecule has 0 saturated carbocycles. The zero-order valence-corrected chi connectivity index (χ0v) is 11.7. The average molecular weight is 280 g/mol. The summed E-state index contributed by atoms with van der Waals surface area (Å²) in [5.41, 5.74) is 2.45. The molecule has 0 bridgehead atoms. The van der Waals surface area contributed by atoms with Crippen LogP contribution in [0.5, 0.6) is 5.75 Å². The van der Waals surface area contributed by atoms with Crippen molar-refractivity contribution in [3.63, 3.8) is 0 Å². The van der Waals surface area contributed by atoms with Crippen molar-refractivity contribution >= 4 is 0 Å². The molecular formula is C17H16N2O2. The molecule has 21 heavy (non-hydrogen) atoms. The fourth-order valence-corrected chi connectivity index (χ4v) is 2.26. The van der Waals surface area contributed by atoms with Crippen molar-refractivity contribution < 1.29 is 9.84 Å². The highest BCUT2D eigenvalue weighted by molar-refractivity contribution is 5.37. The van der Waals surface area contributed by atoms with Gasteiger partial charge in [0.25, 0.3) is 0 Å². The minimum atomic E-state index is -0.737. The molecule has 0 aliphatic rings. The van der Waals surface area contributed by atoms with E-state index in [0.717, 1.165) is 22.7 Å². The van der Waals surface area contributed by atoms with Crippen LogP contribution < -0.4 is 4.74 Å². The first kappa shape index (κ1) is 13.4. The summed E-state index contributed by atoms with van der Waals surface area (Å²) in [5, 5.41) is 14.9. The molecule has 0 aliphatic heterocycles. The van der Waals surface area contributed by atoms with Gasteiger partial charge in [-0.25, -0.2) is 4.68 Å². The Morgan fingerprint density at radius 1 is 1.00 bits per heavy atom. The lowest BCUT2D eigenvalue weighted by atomic mass is 10.1. The predicted octanol–water partition coefficient (Wildman–Crippen LogP) is 2.96. The number of ether oxygens (including phenoxy) is 1. The minimum Gasteiger partial charge on any atom is -0.497 e. The van der Waals surface area contributed by atoms with Gasteiger partial charge in [0.15, 0.2) is 0 Å². The highest BCUT2D eigenvalue weighted by atomic mass is 16.5. The number of aliphatic hydroxyl groups is 1. The molecule has 1 N–H and O–H groups in total. The van der Waals surface area contributed by atoms with Gasteiger partial charge in [-0.1, -0.05) is 30.3 Å². The molecule has 1 unspecified atom stereocenters. The van der Waals surface area contributed by atoms with Crippen LogP contribution in [0.1, 0.15) is 17.4 Å². The molecule has 1 aromatic heterocycles.